The van der Waals surface area contributed by atoms with E-state index >= 15 is 0 Å². The van der Waals surface area contributed by atoms with Crippen LogP contribution < -0.4 is 0 Å². The van der Waals surface area contributed by atoms with Crippen LogP contribution in [-0.4, -0.2) is 51.2 Å². The number of carbonyl (C=O) groups excluding carboxylic acids is 2. The van der Waals surface area contributed by atoms with Crippen molar-refractivity contribution in [2.45, 2.75) is 32.2 Å². The van der Waals surface area contributed by atoms with Crippen LogP contribution in [0.4, 0.5) is 0 Å². The summed E-state index contributed by atoms with van der Waals surface area (Å²) in [5, 5.41) is 0. The molecule has 2 amide bonds. The molecule has 2 saturated heterocycles. The van der Waals surface area contributed by atoms with Crippen LogP contribution in [0, 0.1) is 5.41 Å². The number of hydrogen-bond acceptors (Lipinski definition) is 4. The lowest BCUT2D eigenvalue weighted by atomic mass is 9.85. The summed E-state index contributed by atoms with van der Waals surface area (Å²) in [6.45, 7) is 2.52. The van der Waals surface area contributed by atoms with Gasteiger partial charge < -0.3 is 9.80 Å². The van der Waals surface area contributed by atoms with E-state index in [-0.39, 0.29) is 11.8 Å². The number of aryl methyl sites for hydroxylation is 1. The van der Waals surface area contributed by atoms with Gasteiger partial charge in [0.2, 0.25) is 11.8 Å². The smallest absolute Gasteiger partial charge is 0.231 e. The minimum absolute atomic E-state index is 0.131. The summed E-state index contributed by atoms with van der Waals surface area (Å²) in [4.78, 5) is 37.8. The first kappa shape index (κ1) is 17.6. The number of hydrogen-bond donors (Lipinski definition) is 0. The molecule has 1 unspecified atom stereocenters. The molecule has 140 valence electrons. The van der Waals surface area contributed by atoms with E-state index in [4.69, 9.17) is 0 Å². The largest absolute Gasteiger partial charge is 0.342 e. The van der Waals surface area contributed by atoms with Crippen LogP contribution in [0.15, 0.2) is 48.9 Å². The van der Waals surface area contributed by atoms with Crippen LogP contribution in [0.25, 0.3) is 0 Å². The second-order valence-corrected chi connectivity index (χ2v) is 7.50. The van der Waals surface area contributed by atoms with Crippen LogP contribution in [0.3, 0.4) is 0 Å². The van der Waals surface area contributed by atoms with Gasteiger partial charge in [0.15, 0.2) is 0 Å². The molecule has 2 aliphatic rings. The van der Waals surface area contributed by atoms with Gasteiger partial charge in [0.25, 0.3) is 0 Å². The van der Waals surface area contributed by atoms with E-state index in [1.165, 1.54) is 0 Å². The Morgan fingerprint density at radius 3 is 2.78 bits per heavy atom. The second-order valence-electron chi connectivity index (χ2n) is 7.50. The van der Waals surface area contributed by atoms with E-state index in [2.05, 4.69) is 9.97 Å². The molecule has 0 bridgehead atoms. The van der Waals surface area contributed by atoms with Crippen molar-refractivity contribution in [2.75, 3.05) is 19.6 Å². The van der Waals surface area contributed by atoms with Crippen molar-refractivity contribution in [2.24, 2.45) is 5.41 Å². The molecule has 0 N–H and O–H groups in total. The van der Waals surface area contributed by atoms with Crippen LogP contribution >= 0.6 is 0 Å². The number of nitrogens with zero attached hydrogens (tertiary/aromatic N) is 4. The summed E-state index contributed by atoms with van der Waals surface area (Å²) in [5.41, 5.74) is 1.59. The Balaban J connectivity index is 1.34. The van der Waals surface area contributed by atoms with Gasteiger partial charge >= 0.3 is 0 Å². The summed E-state index contributed by atoms with van der Waals surface area (Å²) >= 11 is 0. The van der Waals surface area contributed by atoms with Crippen LogP contribution in [0.5, 0.6) is 0 Å². The third-order valence-corrected chi connectivity index (χ3v) is 5.74. The molecule has 2 fully saturated rings. The van der Waals surface area contributed by atoms with Gasteiger partial charge in [-0.2, -0.15) is 0 Å². The Kier molecular flexibility index (Phi) is 4.88. The van der Waals surface area contributed by atoms with Crippen LogP contribution in [0.2, 0.25) is 0 Å². The normalized spacial score (nSPS) is 22.0. The molecule has 0 radical (unpaired) electrons. The van der Waals surface area contributed by atoms with E-state index in [9.17, 15) is 9.59 Å². The molecule has 1 atom stereocenters. The maximum Gasteiger partial charge on any atom is 0.231 e. The van der Waals surface area contributed by atoms with Crippen molar-refractivity contribution in [3.63, 3.8) is 0 Å². The number of pyridine rings is 2. The highest BCUT2D eigenvalue weighted by atomic mass is 16.2. The molecule has 4 heterocycles. The fraction of sp³-hybridized carbons (Fsp3) is 0.429. The predicted octanol–water partition coefficient (Wildman–Crippen LogP) is 2.06. The van der Waals surface area contributed by atoms with Gasteiger partial charge in [0, 0.05) is 44.6 Å². The summed E-state index contributed by atoms with van der Waals surface area (Å²) in [6, 6.07) is 9.64. The average molecular weight is 364 g/mol. The summed E-state index contributed by atoms with van der Waals surface area (Å²) in [7, 11) is 0. The first-order valence-corrected chi connectivity index (χ1v) is 9.52. The van der Waals surface area contributed by atoms with E-state index in [0.717, 1.165) is 30.6 Å². The monoisotopic (exact) mass is 364 g/mol. The molecular formula is C21H24N4O2. The molecule has 2 aromatic rings. The minimum atomic E-state index is -0.390. The fourth-order valence-corrected chi connectivity index (χ4v) is 4.15. The van der Waals surface area contributed by atoms with E-state index in [1.54, 1.807) is 18.6 Å². The second kappa shape index (κ2) is 7.47. The Morgan fingerprint density at radius 2 is 2.00 bits per heavy atom. The molecule has 27 heavy (non-hydrogen) atoms. The third-order valence-electron chi connectivity index (χ3n) is 5.74. The molecule has 0 aromatic carbocycles. The van der Waals surface area contributed by atoms with Gasteiger partial charge in [-0.15, -0.1) is 0 Å². The Labute approximate surface area is 159 Å². The maximum atomic E-state index is 13.0. The molecule has 0 saturated carbocycles. The van der Waals surface area contributed by atoms with Gasteiger partial charge in [-0.25, -0.2) is 0 Å². The van der Waals surface area contributed by atoms with Crippen molar-refractivity contribution < 1.29 is 9.59 Å². The van der Waals surface area contributed by atoms with Crippen molar-refractivity contribution in [3.05, 3.63) is 60.2 Å². The van der Waals surface area contributed by atoms with Crippen LogP contribution in [0.1, 0.15) is 30.5 Å². The van der Waals surface area contributed by atoms with E-state index in [1.807, 2.05) is 40.1 Å². The van der Waals surface area contributed by atoms with Gasteiger partial charge in [-0.3, -0.25) is 19.6 Å². The average Bonchev–Trinajstić information content (AvgIpc) is 3.28. The molecule has 1 spiro atoms. The lowest BCUT2D eigenvalue weighted by Crippen LogP contribution is -2.38. The summed E-state index contributed by atoms with van der Waals surface area (Å²) in [6.07, 6.45) is 8.04. The standard InChI is InChI=1S/C21H24N4O2/c26-19(7-6-17-4-3-10-22-14-17)25-13-9-21(16-25)8-12-24(20(21)27)15-18-5-1-2-11-23-18/h1-5,10-11,14H,6-9,12-13,15-16H2. The molecule has 0 aliphatic carbocycles. The van der Waals surface area contributed by atoms with Gasteiger partial charge in [-0.05, 0) is 43.0 Å². The maximum absolute atomic E-state index is 13.0. The van der Waals surface area contributed by atoms with Crippen molar-refractivity contribution in [3.8, 4) is 0 Å². The SMILES string of the molecule is O=C(CCc1cccnc1)N1CCC2(CCN(Cc3ccccn3)C2=O)C1. The topological polar surface area (TPSA) is 66.4 Å². The van der Waals surface area contributed by atoms with Crippen molar-refractivity contribution in [1.82, 2.24) is 19.8 Å². The zero-order valence-corrected chi connectivity index (χ0v) is 15.4. The number of carbonyl (C=O) groups is 2. The van der Waals surface area contributed by atoms with Crippen LogP contribution in [-0.2, 0) is 22.6 Å². The molecule has 4 rings (SSSR count). The molecule has 6 nitrogen and oxygen atoms in total. The third kappa shape index (κ3) is 3.70. The van der Waals surface area contributed by atoms with Crippen molar-refractivity contribution in [1.29, 1.82) is 0 Å². The number of amides is 2. The first-order valence-electron chi connectivity index (χ1n) is 9.52. The number of aromatic nitrogens is 2. The van der Waals surface area contributed by atoms with Gasteiger partial charge in [-0.1, -0.05) is 12.1 Å². The molecule has 2 aliphatic heterocycles. The minimum Gasteiger partial charge on any atom is -0.342 e. The highest BCUT2D eigenvalue weighted by Gasteiger charge is 2.51. The quantitative estimate of drug-likeness (QED) is 0.815. The van der Waals surface area contributed by atoms with E-state index < -0.39 is 5.41 Å². The Morgan fingerprint density at radius 1 is 1.11 bits per heavy atom. The Hall–Kier alpha value is -2.76. The zero-order valence-electron chi connectivity index (χ0n) is 15.4. The first-order chi connectivity index (χ1) is 13.2. The van der Waals surface area contributed by atoms with Gasteiger partial charge in [0.05, 0.1) is 17.7 Å². The molecular weight excluding hydrogens is 340 g/mol. The molecule has 6 heteroatoms. The highest BCUT2D eigenvalue weighted by Crippen LogP contribution is 2.41. The van der Waals surface area contributed by atoms with E-state index in [0.29, 0.717) is 32.5 Å². The van der Waals surface area contributed by atoms with Gasteiger partial charge in [0.1, 0.15) is 0 Å². The van der Waals surface area contributed by atoms with Crippen molar-refractivity contribution >= 4 is 11.8 Å². The Bertz CT molecular complexity index is 811. The zero-order chi connectivity index (χ0) is 18.7. The fourth-order valence-electron chi connectivity index (χ4n) is 4.15. The summed E-state index contributed by atoms with van der Waals surface area (Å²) < 4.78 is 0. The molecule has 2 aromatic heterocycles. The predicted molar refractivity (Wildman–Crippen MR) is 100 cm³/mol. The number of likely N-dealkylation sites (tertiary alicyclic amines) is 2. The number of rotatable bonds is 5. The highest BCUT2D eigenvalue weighted by molar-refractivity contribution is 5.87. The summed E-state index contributed by atoms with van der Waals surface area (Å²) in [5.74, 6) is 0.308. The lowest BCUT2D eigenvalue weighted by molar-refractivity contribution is -0.137. The lowest BCUT2D eigenvalue weighted by Gasteiger charge is -2.23.